The summed E-state index contributed by atoms with van der Waals surface area (Å²) in [5, 5.41) is 3.39. The average Bonchev–Trinajstić information content (AvgIpc) is 2.18. The second-order valence-electron chi connectivity index (χ2n) is 3.87. The van der Waals surface area contributed by atoms with Crippen molar-refractivity contribution in [3.05, 3.63) is 34.4 Å². The van der Waals surface area contributed by atoms with Crippen molar-refractivity contribution in [3.63, 3.8) is 0 Å². The van der Waals surface area contributed by atoms with E-state index in [0.29, 0.717) is 0 Å². The van der Waals surface area contributed by atoms with Gasteiger partial charge < -0.3 is 5.32 Å². The quantitative estimate of drug-likeness (QED) is 0.658. The van der Waals surface area contributed by atoms with Crippen LogP contribution in [0.15, 0.2) is 12.1 Å². The largest absolute Gasteiger partial charge is 0.312 e. The normalized spacial score (nSPS) is 14.6. The number of hydrogen-bond donors (Lipinski definition) is 1. The predicted octanol–water partition coefficient (Wildman–Crippen LogP) is 1.82. The third-order valence-electron chi connectivity index (χ3n) is 2.74. The Morgan fingerprint density at radius 1 is 1.50 bits per heavy atom. The first-order valence-electron chi connectivity index (χ1n) is 5.06. The van der Waals surface area contributed by atoms with Crippen LogP contribution in [0.4, 0.5) is 0 Å². The van der Waals surface area contributed by atoms with Gasteiger partial charge in [0.2, 0.25) is 0 Å². The zero-order chi connectivity index (χ0) is 9.97. The van der Waals surface area contributed by atoms with Gasteiger partial charge in [0.05, 0.1) is 0 Å². The molecule has 1 aromatic carbocycles. The van der Waals surface area contributed by atoms with Crippen molar-refractivity contribution in [1.29, 1.82) is 0 Å². The lowest BCUT2D eigenvalue weighted by molar-refractivity contribution is 0.639. The molecular weight excluding hydrogens is 170 g/mol. The van der Waals surface area contributed by atoms with E-state index in [1.54, 1.807) is 0 Å². The van der Waals surface area contributed by atoms with E-state index in [4.69, 9.17) is 6.42 Å². The van der Waals surface area contributed by atoms with Gasteiger partial charge in [-0.1, -0.05) is 17.7 Å². The molecule has 0 atom stereocenters. The maximum absolute atomic E-state index is 5.38. The van der Waals surface area contributed by atoms with Crippen LogP contribution in [-0.4, -0.2) is 6.54 Å². The van der Waals surface area contributed by atoms with Gasteiger partial charge in [0.1, 0.15) is 0 Å². The van der Waals surface area contributed by atoms with Crippen molar-refractivity contribution < 1.29 is 0 Å². The molecule has 0 bridgehead atoms. The van der Waals surface area contributed by atoms with Gasteiger partial charge in [-0.25, -0.2) is 0 Å². The van der Waals surface area contributed by atoms with Gasteiger partial charge in [-0.05, 0) is 36.6 Å². The van der Waals surface area contributed by atoms with E-state index in [1.807, 2.05) is 0 Å². The van der Waals surface area contributed by atoms with Crippen LogP contribution in [0, 0.1) is 19.3 Å². The van der Waals surface area contributed by atoms with E-state index < -0.39 is 0 Å². The van der Waals surface area contributed by atoms with Crippen molar-refractivity contribution in [2.24, 2.45) is 0 Å². The highest BCUT2D eigenvalue weighted by Crippen LogP contribution is 2.21. The molecule has 1 aromatic rings. The molecule has 0 unspecified atom stereocenters. The summed E-state index contributed by atoms with van der Waals surface area (Å²) in [5.41, 5.74) is 5.58. The number of nitrogens with one attached hydrogen (secondary N) is 1. The highest BCUT2D eigenvalue weighted by atomic mass is 14.9. The van der Waals surface area contributed by atoms with Crippen molar-refractivity contribution in [1.82, 2.24) is 5.32 Å². The van der Waals surface area contributed by atoms with E-state index in [-0.39, 0.29) is 0 Å². The molecule has 1 N–H and O–H groups in total. The fourth-order valence-corrected chi connectivity index (χ4v) is 2.15. The number of hydrogen-bond acceptors (Lipinski definition) is 1. The Hall–Kier alpha value is -1.26. The lowest BCUT2D eigenvalue weighted by Gasteiger charge is -2.20. The second-order valence-corrected chi connectivity index (χ2v) is 3.87. The lowest BCUT2D eigenvalue weighted by Crippen LogP contribution is -2.24. The van der Waals surface area contributed by atoms with Crippen LogP contribution in [0.3, 0.4) is 0 Å². The molecule has 72 valence electrons. The minimum atomic E-state index is 0.768. The van der Waals surface area contributed by atoms with E-state index in [0.717, 1.165) is 25.9 Å². The number of benzene rings is 1. The summed E-state index contributed by atoms with van der Waals surface area (Å²) >= 11 is 0. The highest BCUT2D eigenvalue weighted by Gasteiger charge is 2.12. The fraction of sp³-hybridized carbons (Fsp3) is 0.385. The summed E-state index contributed by atoms with van der Waals surface area (Å²) < 4.78 is 0. The highest BCUT2D eigenvalue weighted by molar-refractivity contribution is 5.41. The molecule has 0 saturated carbocycles. The zero-order valence-corrected chi connectivity index (χ0v) is 8.56. The molecule has 0 saturated heterocycles. The topological polar surface area (TPSA) is 12.0 Å². The molecule has 2 rings (SSSR count). The Balaban J connectivity index is 2.48. The second kappa shape index (κ2) is 3.86. The molecule has 1 nitrogen and oxygen atoms in total. The minimum Gasteiger partial charge on any atom is -0.312 e. The molecule has 1 heteroatoms. The van der Waals surface area contributed by atoms with Gasteiger partial charge in [-0.2, -0.15) is 0 Å². The van der Waals surface area contributed by atoms with Crippen molar-refractivity contribution in [3.8, 4) is 12.3 Å². The molecule has 0 aromatic heterocycles. The maximum atomic E-state index is 5.38. The SMILES string of the molecule is C#CCc1cc(C)cc2c1CCNC2. The molecule has 0 radical (unpaired) electrons. The number of rotatable bonds is 1. The number of fused-ring (bicyclic) bond motifs is 1. The van der Waals surface area contributed by atoms with E-state index >= 15 is 0 Å². The maximum Gasteiger partial charge on any atom is 0.0340 e. The Morgan fingerprint density at radius 3 is 3.14 bits per heavy atom. The summed E-state index contributed by atoms with van der Waals surface area (Å²) in [6, 6.07) is 4.49. The summed E-state index contributed by atoms with van der Waals surface area (Å²) in [5.74, 6) is 2.74. The molecule has 0 fully saturated rings. The predicted molar refractivity (Wildman–Crippen MR) is 59.1 cm³/mol. The first-order chi connectivity index (χ1) is 6.81. The molecule has 0 aliphatic carbocycles. The van der Waals surface area contributed by atoms with Crippen LogP contribution in [0.2, 0.25) is 0 Å². The summed E-state index contributed by atoms with van der Waals surface area (Å²) in [7, 11) is 0. The standard InChI is InChI=1S/C13H15N/c1-3-4-11-7-10(2)8-12-9-14-6-5-13(11)12/h1,7-8,14H,4-6,9H2,2H3. The van der Waals surface area contributed by atoms with Crippen LogP contribution in [0.25, 0.3) is 0 Å². The zero-order valence-electron chi connectivity index (χ0n) is 8.56. The van der Waals surface area contributed by atoms with E-state index in [1.165, 1.54) is 22.3 Å². The monoisotopic (exact) mass is 185 g/mol. The van der Waals surface area contributed by atoms with Gasteiger partial charge in [0.25, 0.3) is 0 Å². The Labute approximate surface area is 85.5 Å². The van der Waals surface area contributed by atoms with Gasteiger partial charge >= 0.3 is 0 Å². The Bertz CT molecular complexity index is 385. The smallest absolute Gasteiger partial charge is 0.0340 e. The summed E-state index contributed by atoms with van der Waals surface area (Å²) in [4.78, 5) is 0. The number of terminal acetylenes is 1. The average molecular weight is 185 g/mol. The van der Waals surface area contributed by atoms with E-state index in [2.05, 4.69) is 30.3 Å². The van der Waals surface area contributed by atoms with Gasteiger partial charge in [-0.3, -0.25) is 0 Å². The van der Waals surface area contributed by atoms with Crippen molar-refractivity contribution >= 4 is 0 Å². The van der Waals surface area contributed by atoms with Crippen LogP contribution in [0.1, 0.15) is 22.3 Å². The summed E-state index contributed by atoms with van der Waals surface area (Å²) in [6.45, 7) is 4.21. The van der Waals surface area contributed by atoms with Gasteiger partial charge in [0, 0.05) is 13.0 Å². The molecule has 1 aliphatic heterocycles. The van der Waals surface area contributed by atoms with Gasteiger partial charge in [-0.15, -0.1) is 12.3 Å². The molecule has 0 spiro atoms. The third kappa shape index (κ3) is 1.66. The Kier molecular flexibility index (Phi) is 2.56. The first-order valence-corrected chi connectivity index (χ1v) is 5.06. The molecule has 1 aliphatic rings. The van der Waals surface area contributed by atoms with E-state index in [9.17, 15) is 0 Å². The van der Waals surface area contributed by atoms with Crippen LogP contribution in [-0.2, 0) is 19.4 Å². The molecule has 0 amide bonds. The van der Waals surface area contributed by atoms with Gasteiger partial charge in [0.15, 0.2) is 0 Å². The lowest BCUT2D eigenvalue weighted by atomic mass is 9.92. The molecule has 14 heavy (non-hydrogen) atoms. The van der Waals surface area contributed by atoms with Crippen LogP contribution in [0.5, 0.6) is 0 Å². The van der Waals surface area contributed by atoms with Crippen molar-refractivity contribution in [2.75, 3.05) is 6.54 Å². The van der Waals surface area contributed by atoms with Crippen LogP contribution >= 0.6 is 0 Å². The minimum absolute atomic E-state index is 0.768. The van der Waals surface area contributed by atoms with Crippen molar-refractivity contribution in [2.45, 2.75) is 26.3 Å². The first kappa shape index (κ1) is 9.30. The number of aryl methyl sites for hydroxylation is 1. The van der Waals surface area contributed by atoms with Crippen LogP contribution < -0.4 is 5.32 Å². The third-order valence-corrected chi connectivity index (χ3v) is 2.74. The fourth-order valence-electron chi connectivity index (χ4n) is 2.15. The summed E-state index contributed by atoms with van der Waals surface area (Å²) in [6.07, 6.45) is 7.26. The molecule has 1 heterocycles. The Morgan fingerprint density at radius 2 is 2.36 bits per heavy atom. The molecular formula is C13H15N.